The molecule has 0 saturated carbocycles. The highest BCUT2D eigenvalue weighted by Gasteiger charge is 2.31. The molecule has 1 aromatic heterocycles. The molecule has 0 amide bonds. The Morgan fingerprint density at radius 2 is 2.17 bits per heavy atom. The second-order valence-corrected chi connectivity index (χ2v) is 4.60. The van der Waals surface area contributed by atoms with Crippen molar-refractivity contribution in [2.24, 2.45) is 0 Å². The highest BCUT2D eigenvalue weighted by molar-refractivity contribution is 5.78. The van der Waals surface area contributed by atoms with E-state index in [2.05, 4.69) is 15.5 Å². The zero-order valence-corrected chi connectivity index (χ0v) is 11.2. The molecule has 0 bridgehead atoms. The normalized spacial score (nSPS) is 14.4. The van der Waals surface area contributed by atoms with Gasteiger partial charge in [-0.15, -0.1) is 0 Å². The fourth-order valence-corrected chi connectivity index (χ4v) is 1.72. The van der Waals surface area contributed by atoms with Crippen molar-refractivity contribution >= 4 is 5.97 Å². The van der Waals surface area contributed by atoms with Gasteiger partial charge in [-0.05, 0) is 19.8 Å². The number of nitrogens with one attached hydrogen (secondary N) is 1. The molecule has 18 heavy (non-hydrogen) atoms. The molecular formula is C12H21N3O3. The Kier molecular flexibility index (Phi) is 5.27. The molecule has 102 valence electrons. The number of hydrogen-bond donors (Lipinski definition) is 2. The molecule has 2 N–H and O–H groups in total. The SMILES string of the molecule is CCCc1nc(CNC(C)(CCC)C(=O)O)no1. The Labute approximate surface area is 107 Å². The number of aromatic nitrogens is 2. The van der Waals surface area contributed by atoms with E-state index in [1.54, 1.807) is 6.92 Å². The maximum absolute atomic E-state index is 11.2. The maximum Gasteiger partial charge on any atom is 0.323 e. The van der Waals surface area contributed by atoms with Gasteiger partial charge in [0.15, 0.2) is 5.82 Å². The van der Waals surface area contributed by atoms with Gasteiger partial charge in [0.25, 0.3) is 0 Å². The van der Waals surface area contributed by atoms with Gasteiger partial charge in [-0.2, -0.15) is 4.98 Å². The molecule has 0 spiro atoms. The summed E-state index contributed by atoms with van der Waals surface area (Å²) < 4.78 is 5.04. The molecule has 0 fully saturated rings. The van der Waals surface area contributed by atoms with E-state index < -0.39 is 11.5 Å². The van der Waals surface area contributed by atoms with Crippen LogP contribution in [-0.4, -0.2) is 26.8 Å². The molecular weight excluding hydrogens is 234 g/mol. The van der Waals surface area contributed by atoms with Crippen molar-refractivity contribution in [2.45, 2.75) is 58.5 Å². The van der Waals surface area contributed by atoms with E-state index in [-0.39, 0.29) is 0 Å². The van der Waals surface area contributed by atoms with Crippen LogP contribution in [0.5, 0.6) is 0 Å². The quantitative estimate of drug-likeness (QED) is 0.735. The number of aryl methyl sites for hydroxylation is 1. The van der Waals surface area contributed by atoms with Crippen LogP contribution in [0.25, 0.3) is 0 Å². The largest absolute Gasteiger partial charge is 0.480 e. The summed E-state index contributed by atoms with van der Waals surface area (Å²) in [5, 5.41) is 16.0. The van der Waals surface area contributed by atoms with Gasteiger partial charge in [-0.1, -0.05) is 25.4 Å². The van der Waals surface area contributed by atoms with Crippen LogP contribution in [0.4, 0.5) is 0 Å². The Morgan fingerprint density at radius 3 is 2.72 bits per heavy atom. The van der Waals surface area contributed by atoms with E-state index in [9.17, 15) is 9.90 Å². The topological polar surface area (TPSA) is 88.2 Å². The molecule has 0 aromatic carbocycles. The van der Waals surface area contributed by atoms with Crippen LogP contribution < -0.4 is 5.32 Å². The van der Waals surface area contributed by atoms with Crippen LogP contribution in [0.15, 0.2) is 4.52 Å². The predicted octanol–water partition coefficient (Wildman–Crippen LogP) is 1.76. The summed E-state index contributed by atoms with van der Waals surface area (Å²) in [5.41, 5.74) is -0.944. The summed E-state index contributed by atoms with van der Waals surface area (Å²) in [5.74, 6) is 0.241. The number of carbonyl (C=O) groups is 1. The minimum atomic E-state index is -0.944. The van der Waals surface area contributed by atoms with E-state index in [4.69, 9.17) is 4.52 Å². The Bertz CT molecular complexity index is 392. The van der Waals surface area contributed by atoms with Crippen LogP contribution in [0, 0.1) is 0 Å². The van der Waals surface area contributed by atoms with Gasteiger partial charge in [0.2, 0.25) is 5.89 Å². The third kappa shape index (κ3) is 3.80. The van der Waals surface area contributed by atoms with Gasteiger partial charge in [0.05, 0.1) is 6.54 Å². The van der Waals surface area contributed by atoms with Crippen LogP contribution in [0.1, 0.15) is 51.7 Å². The molecule has 1 heterocycles. The van der Waals surface area contributed by atoms with Crippen LogP contribution in [0.3, 0.4) is 0 Å². The Hall–Kier alpha value is -1.43. The number of rotatable bonds is 8. The molecule has 0 saturated heterocycles. The van der Waals surface area contributed by atoms with Crippen molar-refractivity contribution in [1.82, 2.24) is 15.5 Å². The predicted molar refractivity (Wildman–Crippen MR) is 66.1 cm³/mol. The van der Waals surface area contributed by atoms with Crippen LogP contribution in [-0.2, 0) is 17.8 Å². The van der Waals surface area contributed by atoms with E-state index in [0.717, 1.165) is 19.3 Å². The summed E-state index contributed by atoms with van der Waals surface area (Å²) in [6.45, 7) is 5.96. The van der Waals surface area contributed by atoms with E-state index in [1.807, 2.05) is 13.8 Å². The highest BCUT2D eigenvalue weighted by atomic mass is 16.5. The first-order valence-electron chi connectivity index (χ1n) is 6.31. The standard InChI is InChI=1S/C12H21N3O3/c1-4-6-10-14-9(15-18-10)8-13-12(3,7-5-2)11(16)17/h13H,4-8H2,1-3H3,(H,16,17). The number of aliphatic carboxylic acids is 1. The second kappa shape index (κ2) is 6.49. The van der Waals surface area contributed by atoms with Gasteiger partial charge in [0.1, 0.15) is 5.54 Å². The first-order chi connectivity index (χ1) is 8.51. The summed E-state index contributed by atoms with van der Waals surface area (Å²) in [4.78, 5) is 15.4. The summed E-state index contributed by atoms with van der Waals surface area (Å²) in [6, 6.07) is 0. The van der Waals surface area contributed by atoms with Crippen molar-refractivity contribution in [2.75, 3.05) is 0 Å². The third-order valence-electron chi connectivity index (χ3n) is 2.83. The lowest BCUT2D eigenvalue weighted by atomic mass is 9.96. The first-order valence-corrected chi connectivity index (χ1v) is 6.31. The first kappa shape index (κ1) is 14.6. The molecule has 0 radical (unpaired) electrons. The molecule has 0 aliphatic rings. The fourth-order valence-electron chi connectivity index (χ4n) is 1.72. The highest BCUT2D eigenvalue weighted by Crippen LogP contribution is 2.13. The smallest absolute Gasteiger partial charge is 0.323 e. The van der Waals surface area contributed by atoms with Gasteiger partial charge in [-0.25, -0.2) is 0 Å². The van der Waals surface area contributed by atoms with Crippen molar-refractivity contribution in [3.05, 3.63) is 11.7 Å². The van der Waals surface area contributed by atoms with Crippen LogP contribution in [0.2, 0.25) is 0 Å². The second-order valence-electron chi connectivity index (χ2n) is 4.60. The van der Waals surface area contributed by atoms with Gasteiger partial charge < -0.3 is 9.63 Å². The van der Waals surface area contributed by atoms with Gasteiger partial charge in [-0.3, -0.25) is 10.1 Å². The van der Waals surface area contributed by atoms with Gasteiger partial charge in [0, 0.05) is 6.42 Å². The molecule has 6 heteroatoms. The molecule has 1 aromatic rings. The average molecular weight is 255 g/mol. The van der Waals surface area contributed by atoms with Gasteiger partial charge >= 0.3 is 5.97 Å². The molecule has 1 atom stereocenters. The lowest BCUT2D eigenvalue weighted by molar-refractivity contribution is -0.144. The Morgan fingerprint density at radius 1 is 1.44 bits per heavy atom. The van der Waals surface area contributed by atoms with Crippen molar-refractivity contribution in [3.8, 4) is 0 Å². The van der Waals surface area contributed by atoms with E-state index in [0.29, 0.717) is 24.7 Å². The molecule has 0 aliphatic heterocycles. The summed E-state index contributed by atoms with van der Waals surface area (Å²) in [7, 11) is 0. The van der Waals surface area contributed by atoms with Crippen molar-refractivity contribution < 1.29 is 14.4 Å². The molecule has 1 rings (SSSR count). The lowest BCUT2D eigenvalue weighted by Crippen LogP contribution is -2.49. The minimum Gasteiger partial charge on any atom is -0.480 e. The molecule has 1 unspecified atom stereocenters. The van der Waals surface area contributed by atoms with Crippen LogP contribution >= 0.6 is 0 Å². The van der Waals surface area contributed by atoms with Crippen molar-refractivity contribution in [1.29, 1.82) is 0 Å². The minimum absolute atomic E-state index is 0.302. The van der Waals surface area contributed by atoms with E-state index >= 15 is 0 Å². The average Bonchev–Trinajstić information content (AvgIpc) is 2.75. The number of hydrogen-bond acceptors (Lipinski definition) is 5. The molecule has 6 nitrogen and oxygen atoms in total. The zero-order chi connectivity index (χ0) is 13.6. The zero-order valence-electron chi connectivity index (χ0n) is 11.2. The van der Waals surface area contributed by atoms with Crippen molar-refractivity contribution in [3.63, 3.8) is 0 Å². The van der Waals surface area contributed by atoms with E-state index in [1.165, 1.54) is 0 Å². The third-order valence-corrected chi connectivity index (χ3v) is 2.83. The number of carboxylic acid groups (broad SMARTS) is 1. The monoisotopic (exact) mass is 255 g/mol. The molecule has 0 aliphatic carbocycles. The number of nitrogens with zero attached hydrogens (tertiary/aromatic N) is 2. The fraction of sp³-hybridized carbons (Fsp3) is 0.750. The Balaban J connectivity index is 2.58. The number of carboxylic acids is 1. The lowest BCUT2D eigenvalue weighted by Gasteiger charge is -2.24. The maximum atomic E-state index is 11.2. The summed E-state index contributed by atoms with van der Waals surface area (Å²) in [6.07, 6.45) is 3.04. The summed E-state index contributed by atoms with van der Waals surface area (Å²) >= 11 is 0.